The molecule has 0 aliphatic heterocycles. The van der Waals surface area contributed by atoms with Crippen LogP contribution >= 0.6 is 15.9 Å². The quantitative estimate of drug-likeness (QED) is 0.743. The molecule has 0 atom stereocenters. The van der Waals surface area contributed by atoms with Crippen LogP contribution in [0, 0.1) is 5.92 Å². The third-order valence-electron chi connectivity index (χ3n) is 2.77. The second kappa shape index (κ2) is 3.90. The molecule has 0 nitrogen and oxygen atoms in total. The van der Waals surface area contributed by atoms with Gasteiger partial charge in [0.2, 0.25) is 0 Å². The third-order valence-corrected chi connectivity index (χ3v) is 3.50. The summed E-state index contributed by atoms with van der Waals surface area (Å²) < 4.78 is 1.25. The standard InChI is InChI=1S/C13H14Br/c1-3-9(2)11-6-7-13(14)12(8-11)10-4-5-10/h3,6-8,10H,1,4-5H2,2H3. The molecule has 0 unspecified atom stereocenters. The summed E-state index contributed by atoms with van der Waals surface area (Å²) in [7, 11) is 0. The first-order valence-electron chi connectivity index (χ1n) is 4.98. The minimum absolute atomic E-state index is 0.793. The molecule has 1 aliphatic carbocycles. The van der Waals surface area contributed by atoms with Gasteiger partial charge < -0.3 is 0 Å². The Balaban J connectivity index is 2.34. The largest absolute Gasteiger partial charge is 0.102 e. The smallest absolute Gasteiger partial charge is 0.0230 e. The molecule has 73 valence electrons. The summed E-state index contributed by atoms with van der Waals surface area (Å²) in [5.41, 5.74) is 2.76. The van der Waals surface area contributed by atoms with Crippen molar-refractivity contribution in [1.29, 1.82) is 0 Å². The van der Waals surface area contributed by atoms with Gasteiger partial charge in [0.25, 0.3) is 0 Å². The van der Waals surface area contributed by atoms with Crippen LogP contribution in [0.25, 0.3) is 0 Å². The van der Waals surface area contributed by atoms with Crippen LogP contribution in [0.1, 0.15) is 36.8 Å². The van der Waals surface area contributed by atoms with Crippen LogP contribution in [-0.4, -0.2) is 0 Å². The van der Waals surface area contributed by atoms with Crippen LogP contribution in [0.5, 0.6) is 0 Å². The number of hydrogen-bond acceptors (Lipinski definition) is 0. The zero-order valence-electron chi connectivity index (χ0n) is 8.39. The van der Waals surface area contributed by atoms with Crippen LogP contribution in [-0.2, 0) is 0 Å². The molecular formula is C13H14Br. The second-order valence-electron chi connectivity index (χ2n) is 3.90. The van der Waals surface area contributed by atoms with Gasteiger partial charge in [0.1, 0.15) is 0 Å². The molecule has 0 amide bonds. The lowest BCUT2D eigenvalue weighted by Crippen LogP contribution is -1.92. The topological polar surface area (TPSA) is 0 Å². The van der Waals surface area contributed by atoms with Gasteiger partial charge in [-0.3, -0.25) is 0 Å². The minimum atomic E-state index is 0.793. The summed E-state index contributed by atoms with van der Waals surface area (Å²) in [5, 5.41) is 0. The Bertz CT molecular complexity index is 350. The number of rotatable bonds is 3. The molecule has 1 fully saturated rings. The average Bonchev–Trinajstić information content (AvgIpc) is 3.01. The maximum atomic E-state index is 3.80. The van der Waals surface area contributed by atoms with Crippen LogP contribution in [0.15, 0.2) is 35.3 Å². The van der Waals surface area contributed by atoms with Crippen molar-refractivity contribution in [2.45, 2.75) is 25.7 Å². The molecule has 0 saturated heterocycles. The maximum absolute atomic E-state index is 3.80. The highest BCUT2D eigenvalue weighted by molar-refractivity contribution is 9.10. The molecule has 14 heavy (non-hydrogen) atoms. The average molecular weight is 250 g/mol. The first kappa shape index (κ1) is 9.97. The lowest BCUT2D eigenvalue weighted by Gasteiger charge is -2.09. The first-order chi connectivity index (χ1) is 6.72. The molecule has 0 spiro atoms. The van der Waals surface area contributed by atoms with Gasteiger partial charge in [-0.2, -0.15) is 0 Å². The van der Waals surface area contributed by atoms with E-state index in [2.05, 4.69) is 47.6 Å². The Hall–Kier alpha value is -0.560. The Morgan fingerprint density at radius 2 is 2.21 bits per heavy atom. The van der Waals surface area contributed by atoms with Gasteiger partial charge in [-0.05, 0) is 36.0 Å². The minimum Gasteiger partial charge on any atom is -0.102 e. The van der Waals surface area contributed by atoms with E-state index in [1.54, 1.807) is 0 Å². The predicted molar refractivity (Wildman–Crippen MR) is 64.3 cm³/mol. The monoisotopic (exact) mass is 249 g/mol. The number of halogens is 1. The molecule has 2 rings (SSSR count). The second-order valence-corrected chi connectivity index (χ2v) is 4.75. The molecular weight excluding hydrogens is 236 g/mol. The lowest BCUT2D eigenvalue weighted by atomic mass is 9.98. The van der Waals surface area contributed by atoms with E-state index in [0.29, 0.717) is 0 Å². The normalized spacial score (nSPS) is 15.9. The Morgan fingerprint density at radius 1 is 1.50 bits per heavy atom. The van der Waals surface area contributed by atoms with Crippen molar-refractivity contribution < 1.29 is 0 Å². The molecule has 0 heterocycles. The summed E-state index contributed by atoms with van der Waals surface area (Å²) in [4.78, 5) is 0. The van der Waals surface area contributed by atoms with Crippen molar-refractivity contribution in [2.24, 2.45) is 0 Å². The number of hydrogen-bond donors (Lipinski definition) is 0. The number of benzene rings is 1. The van der Waals surface area contributed by atoms with E-state index in [4.69, 9.17) is 0 Å². The summed E-state index contributed by atoms with van der Waals surface area (Å²) >= 11 is 3.61. The zero-order valence-corrected chi connectivity index (χ0v) is 9.97. The Kier molecular flexibility index (Phi) is 2.78. The van der Waals surface area contributed by atoms with Crippen molar-refractivity contribution >= 4 is 15.9 Å². The van der Waals surface area contributed by atoms with Crippen LogP contribution in [0.3, 0.4) is 0 Å². The first-order valence-corrected chi connectivity index (χ1v) is 5.77. The molecule has 0 aromatic heterocycles. The third kappa shape index (κ3) is 1.93. The summed E-state index contributed by atoms with van der Waals surface area (Å²) in [5.74, 6) is 2.04. The highest BCUT2D eigenvalue weighted by Crippen LogP contribution is 2.44. The Labute approximate surface area is 94.2 Å². The van der Waals surface area contributed by atoms with Crippen molar-refractivity contribution in [2.75, 3.05) is 0 Å². The summed E-state index contributed by atoms with van der Waals surface area (Å²) in [6.45, 7) is 5.90. The van der Waals surface area contributed by atoms with Gasteiger partial charge in [-0.15, -0.1) is 6.58 Å². The van der Waals surface area contributed by atoms with Gasteiger partial charge >= 0.3 is 0 Å². The zero-order chi connectivity index (χ0) is 10.1. The van der Waals surface area contributed by atoms with Crippen molar-refractivity contribution in [1.82, 2.24) is 0 Å². The summed E-state index contributed by atoms with van der Waals surface area (Å²) in [6.07, 6.45) is 4.60. The van der Waals surface area contributed by atoms with Crippen LogP contribution in [0.4, 0.5) is 0 Å². The molecule has 0 bridgehead atoms. The van der Waals surface area contributed by atoms with Gasteiger partial charge in [0.05, 0.1) is 0 Å². The van der Waals surface area contributed by atoms with Crippen molar-refractivity contribution in [3.63, 3.8) is 0 Å². The van der Waals surface area contributed by atoms with E-state index < -0.39 is 0 Å². The van der Waals surface area contributed by atoms with Crippen molar-refractivity contribution in [3.05, 3.63) is 52.4 Å². The fraction of sp³-hybridized carbons (Fsp3) is 0.308. The van der Waals surface area contributed by atoms with E-state index in [1.807, 2.05) is 6.08 Å². The van der Waals surface area contributed by atoms with E-state index in [-0.39, 0.29) is 0 Å². The van der Waals surface area contributed by atoms with Crippen LogP contribution < -0.4 is 0 Å². The van der Waals surface area contributed by atoms with Crippen LogP contribution in [0.2, 0.25) is 0 Å². The van der Waals surface area contributed by atoms with Gasteiger partial charge in [-0.1, -0.05) is 41.1 Å². The molecule has 1 radical (unpaired) electrons. The molecule has 1 heteroatoms. The fourth-order valence-electron chi connectivity index (χ4n) is 1.61. The van der Waals surface area contributed by atoms with E-state index in [1.165, 1.54) is 34.4 Å². The molecule has 1 aliphatic rings. The van der Waals surface area contributed by atoms with Gasteiger partial charge in [0.15, 0.2) is 0 Å². The summed E-state index contributed by atoms with van der Waals surface area (Å²) in [6, 6.07) is 6.59. The lowest BCUT2D eigenvalue weighted by molar-refractivity contribution is 1.10. The SMILES string of the molecule is C=C[C](C)c1ccc(Br)c(C2CC2)c1. The maximum Gasteiger partial charge on any atom is 0.0230 e. The molecule has 1 aromatic carbocycles. The predicted octanol–water partition coefficient (Wildman–Crippen LogP) is 4.45. The molecule has 1 saturated carbocycles. The molecule has 0 N–H and O–H groups in total. The van der Waals surface area contributed by atoms with E-state index in [0.717, 1.165) is 5.92 Å². The fourth-order valence-corrected chi connectivity index (χ4v) is 2.18. The van der Waals surface area contributed by atoms with Gasteiger partial charge in [-0.25, -0.2) is 0 Å². The van der Waals surface area contributed by atoms with Gasteiger partial charge in [0, 0.05) is 10.4 Å². The van der Waals surface area contributed by atoms with Crippen molar-refractivity contribution in [3.8, 4) is 0 Å². The highest BCUT2D eigenvalue weighted by atomic mass is 79.9. The van der Waals surface area contributed by atoms with E-state index >= 15 is 0 Å². The highest BCUT2D eigenvalue weighted by Gasteiger charge is 2.25. The van der Waals surface area contributed by atoms with E-state index in [9.17, 15) is 0 Å². The number of allylic oxidation sites excluding steroid dienone is 1. The Morgan fingerprint density at radius 3 is 2.79 bits per heavy atom. The molecule has 1 aromatic rings.